The van der Waals surface area contributed by atoms with E-state index < -0.39 is 0 Å². The van der Waals surface area contributed by atoms with E-state index in [2.05, 4.69) is 20.4 Å². The monoisotopic (exact) mass is 243 g/mol. The predicted molar refractivity (Wildman–Crippen MR) is 64.9 cm³/mol. The van der Waals surface area contributed by atoms with Crippen LogP contribution in [0, 0.1) is 5.92 Å². The molecule has 0 unspecified atom stereocenters. The minimum atomic E-state index is -0.269. The van der Waals surface area contributed by atoms with Gasteiger partial charge in [-0.25, -0.2) is 4.98 Å². The van der Waals surface area contributed by atoms with Crippen LogP contribution in [0.2, 0.25) is 0 Å². The zero-order valence-electron chi connectivity index (χ0n) is 9.78. The maximum absolute atomic E-state index is 11.8. The first-order chi connectivity index (χ1) is 8.81. The van der Waals surface area contributed by atoms with Crippen LogP contribution in [-0.2, 0) is 6.54 Å². The Labute approximate surface area is 104 Å². The minimum Gasteiger partial charge on any atom is -0.318 e. The van der Waals surface area contributed by atoms with E-state index in [1.165, 1.54) is 31.4 Å². The summed E-state index contributed by atoms with van der Waals surface area (Å²) in [5.74, 6) is 0.488. The largest absolute Gasteiger partial charge is 0.318 e. The summed E-state index contributed by atoms with van der Waals surface area (Å²) in [6, 6.07) is 0. The van der Waals surface area contributed by atoms with Crippen molar-refractivity contribution in [3.8, 4) is 0 Å². The molecule has 0 bridgehead atoms. The van der Waals surface area contributed by atoms with E-state index in [0.29, 0.717) is 11.4 Å². The first kappa shape index (κ1) is 10.9. The fourth-order valence-electron chi connectivity index (χ4n) is 1.70. The van der Waals surface area contributed by atoms with Crippen LogP contribution in [0.15, 0.2) is 31.0 Å². The van der Waals surface area contributed by atoms with Gasteiger partial charge in [-0.3, -0.25) is 14.5 Å². The van der Waals surface area contributed by atoms with E-state index in [0.717, 1.165) is 12.5 Å². The average molecular weight is 243 g/mol. The number of amides is 1. The minimum absolute atomic E-state index is 0.269. The van der Waals surface area contributed by atoms with Gasteiger partial charge < -0.3 is 5.32 Å². The second-order valence-electron chi connectivity index (χ2n) is 4.44. The Bertz CT molecular complexity index is 547. The molecule has 0 saturated heterocycles. The second kappa shape index (κ2) is 4.56. The maximum Gasteiger partial charge on any atom is 0.275 e. The molecular weight excluding hydrogens is 230 g/mol. The van der Waals surface area contributed by atoms with E-state index in [4.69, 9.17) is 0 Å². The van der Waals surface area contributed by atoms with Gasteiger partial charge in [-0.2, -0.15) is 5.10 Å². The van der Waals surface area contributed by atoms with Gasteiger partial charge in [0.2, 0.25) is 0 Å². The molecule has 1 fully saturated rings. The molecule has 0 radical (unpaired) electrons. The SMILES string of the molecule is O=C(Nc1cnn(CC2CC2)c1)c1cnccn1. The van der Waals surface area contributed by atoms with Crippen LogP contribution in [0.1, 0.15) is 23.3 Å². The van der Waals surface area contributed by atoms with Crippen molar-refractivity contribution < 1.29 is 4.79 Å². The fraction of sp³-hybridized carbons (Fsp3) is 0.333. The molecule has 3 rings (SSSR count). The molecule has 92 valence electrons. The van der Waals surface area contributed by atoms with E-state index in [-0.39, 0.29) is 5.91 Å². The number of carbonyl (C=O) groups excluding carboxylic acids is 1. The van der Waals surface area contributed by atoms with Crippen LogP contribution in [0.25, 0.3) is 0 Å². The van der Waals surface area contributed by atoms with Crippen molar-refractivity contribution in [2.75, 3.05) is 5.32 Å². The molecule has 1 aliphatic carbocycles. The molecule has 1 amide bonds. The highest BCUT2D eigenvalue weighted by Crippen LogP contribution is 2.30. The molecule has 1 N–H and O–H groups in total. The van der Waals surface area contributed by atoms with Crippen molar-refractivity contribution in [2.45, 2.75) is 19.4 Å². The molecule has 18 heavy (non-hydrogen) atoms. The van der Waals surface area contributed by atoms with Crippen molar-refractivity contribution in [3.05, 3.63) is 36.7 Å². The topological polar surface area (TPSA) is 72.7 Å². The van der Waals surface area contributed by atoms with Crippen LogP contribution >= 0.6 is 0 Å². The lowest BCUT2D eigenvalue weighted by Gasteiger charge is -2.00. The smallest absolute Gasteiger partial charge is 0.275 e. The lowest BCUT2D eigenvalue weighted by Crippen LogP contribution is -2.13. The molecule has 0 spiro atoms. The van der Waals surface area contributed by atoms with Crippen molar-refractivity contribution in [2.24, 2.45) is 5.92 Å². The Morgan fingerprint density at radius 1 is 1.39 bits per heavy atom. The number of carbonyl (C=O) groups is 1. The summed E-state index contributed by atoms with van der Waals surface area (Å²) in [6.45, 7) is 0.932. The van der Waals surface area contributed by atoms with Gasteiger partial charge in [-0.05, 0) is 18.8 Å². The molecule has 0 atom stereocenters. The molecule has 6 heteroatoms. The fourth-order valence-corrected chi connectivity index (χ4v) is 1.70. The third kappa shape index (κ3) is 2.53. The number of aromatic nitrogens is 4. The summed E-state index contributed by atoms with van der Waals surface area (Å²) in [5, 5.41) is 6.96. The van der Waals surface area contributed by atoms with Gasteiger partial charge in [0.05, 0.1) is 18.1 Å². The zero-order chi connectivity index (χ0) is 12.4. The van der Waals surface area contributed by atoms with Crippen molar-refractivity contribution in [1.82, 2.24) is 19.7 Å². The lowest BCUT2D eigenvalue weighted by atomic mass is 10.4. The van der Waals surface area contributed by atoms with Gasteiger partial charge >= 0.3 is 0 Å². The Morgan fingerprint density at radius 2 is 2.28 bits per heavy atom. The number of hydrogen-bond donors (Lipinski definition) is 1. The van der Waals surface area contributed by atoms with Gasteiger partial charge in [0.1, 0.15) is 5.69 Å². The van der Waals surface area contributed by atoms with Gasteiger partial charge in [-0.15, -0.1) is 0 Å². The number of rotatable bonds is 4. The van der Waals surface area contributed by atoms with Crippen molar-refractivity contribution in [3.63, 3.8) is 0 Å². The van der Waals surface area contributed by atoms with Crippen LogP contribution in [-0.4, -0.2) is 25.7 Å². The van der Waals surface area contributed by atoms with Crippen LogP contribution in [0.3, 0.4) is 0 Å². The number of anilines is 1. The quantitative estimate of drug-likeness (QED) is 0.879. The zero-order valence-corrected chi connectivity index (χ0v) is 9.78. The highest BCUT2D eigenvalue weighted by atomic mass is 16.1. The molecule has 2 aromatic heterocycles. The van der Waals surface area contributed by atoms with E-state index in [1.807, 2.05) is 10.9 Å². The Balaban J connectivity index is 1.65. The molecule has 6 nitrogen and oxygen atoms in total. The molecule has 2 heterocycles. The van der Waals surface area contributed by atoms with Crippen molar-refractivity contribution in [1.29, 1.82) is 0 Å². The summed E-state index contributed by atoms with van der Waals surface area (Å²) in [7, 11) is 0. The number of hydrogen-bond acceptors (Lipinski definition) is 4. The lowest BCUT2D eigenvalue weighted by molar-refractivity contribution is 0.102. The number of nitrogens with zero attached hydrogens (tertiary/aromatic N) is 4. The standard InChI is InChI=1S/C12H13N5O/c18-12(11-6-13-3-4-14-11)16-10-5-15-17(8-10)7-9-1-2-9/h3-6,8-9H,1-2,7H2,(H,16,18). The Kier molecular flexibility index (Phi) is 2.76. The first-order valence-corrected chi connectivity index (χ1v) is 5.91. The second-order valence-corrected chi connectivity index (χ2v) is 4.44. The summed E-state index contributed by atoms with van der Waals surface area (Å²) >= 11 is 0. The van der Waals surface area contributed by atoms with Crippen LogP contribution < -0.4 is 5.32 Å². The third-order valence-corrected chi connectivity index (χ3v) is 2.83. The summed E-state index contributed by atoms with van der Waals surface area (Å²) < 4.78 is 1.87. The van der Waals surface area contributed by atoms with E-state index in [1.54, 1.807) is 6.20 Å². The van der Waals surface area contributed by atoms with E-state index >= 15 is 0 Å². The third-order valence-electron chi connectivity index (χ3n) is 2.83. The number of nitrogens with one attached hydrogen (secondary N) is 1. The van der Waals surface area contributed by atoms with E-state index in [9.17, 15) is 4.79 Å². The van der Waals surface area contributed by atoms with Crippen LogP contribution in [0.4, 0.5) is 5.69 Å². The van der Waals surface area contributed by atoms with Gasteiger partial charge in [-0.1, -0.05) is 0 Å². The summed E-state index contributed by atoms with van der Waals surface area (Å²) in [4.78, 5) is 19.6. The molecule has 1 aliphatic rings. The summed E-state index contributed by atoms with van der Waals surface area (Å²) in [6.07, 6.45) is 10.5. The molecule has 0 aromatic carbocycles. The predicted octanol–water partition coefficient (Wildman–Crippen LogP) is 1.34. The van der Waals surface area contributed by atoms with Gasteiger partial charge in [0.15, 0.2) is 0 Å². The summed E-state index contributed by atoms with van der Waals surface area (Å²) in [5.41, 5.74) is 0.985. The molecular formula is C12H13N5O. The highest BCUT2D eigenvalue weighted by molar-refractivity contribution is 6.02. The molecule has 0 aliphatic heterocycles. The maximum atomic E-state index is 11.8. The van der Waals surface area contributed by atoms with Gasteiger partial charge in [0, 0.05) is 25.1 Å². The Hall–Kier alpha value is -2.24. The van der Waals surface area contributed by atoms with Crippen LogP contribution in [0.5, 0.6) is 0 Å². The molecule has 1 saturated carbocycles. The van der Waals surface area contributed by atoms with Gasteiger partial charge in [0.25, 0.3) is 5.91 Å². The first-order valence-electron chi connectivity index (χ1n) is 5.91. The Morgan fingerprint density at radius 3 is 3.00 bits per heavy atom. The average Bonchev–Trinajstić information content (AvgIpc) is 3.10. The van der Waals surface area contributed by atoms with Crippen molar-refractivity contribution >= 4 is 11.6 Å². The highest BCUT2D eigenvalue weighted by Gasteiger charge is 2.22. The normalized spacial score (nSPS) is 14.4. The molecule has 2 aromatic rings.